The topological polar surface area (TPSA) is 91.2 Å². The van der Waals surface area contributed by atoms with Gasteiger partial charge in [-0.1, -0.05) is 0 Å². The number of methoxy groups -OCH3 is 2. The Balaban J connectivity index is 1.79. The van der Waals surface area contributed by atoms with E-state index in [9.17, 15) is 4.79 Å². The predicted octanol–water partition coefficient (Wildman–Crippen LogP) is 2.24. The molecule has 0 bridgehead atoms. The van der Waals surface area contributed by atoms with E-state index in [1.165, 1.54) is 0 Å². The van der Waals surface area contributed by atoms with E-state index in [0.29, 0.717) is 23.0 Å². The first-order valence-corrected chi connectivity index (χ1v) is 7.49. The van der Waals surface area contributed by atoms with Crippen molar-refractivity contribution in [1.82, 2.24) is 19.7 Å². The minimum absolute atomic E-state index is 0.198. The van der Waals surface area contributed by atoms with E-state index in [1.807, 2.05) is 6.92 Å². The van der Waals surface area contributed by atoms with Crippen LogP contribution in [0.5, 0.6) is 11.5 Å². The fourth-order valence-electron chi connectivity index (χ4n) is 2.27. The van der Waals surface area contributed by atoms with Crippen LogP contribution in [0.3, 0.4) is 0 Å². The van der Waals surface area contributed by atoms with Gasteiger partial charge < -0.3 is 14.8 Å². The zero-order valence-corrected chi connectivity index (χ0v) is 14.1. The maximum atomic E-state index is 12.4. The van der Waals surface area contributed by atoms with Crippen LogP contribution in [-0.4, -0.2) is 39.9 Å². The molecule has 8 nitrogen and oxygen atoms in total. The van der Waals surface area contributed by atoms with Crippen molar-refractivity contribution in [2.45, 2.75) is 6.92 Å². The first-order valence-electron chi connectivity index (χ1n) is 7.49. The van der Waals surface area contributed by atoms with E-state index in [2.05, 4.69) is 20.5 Å². The van der Waals surface area contributed by atoms with Crippen LogP contribution in [0.25, 0.3) is 5.82 Å². The normalized spacial score (nSPS) is 10.4. The number of anilines is 1. The summed E-state index contributed by atoms with van der Waals surface area (Å²) in [7, 11) is 3.09. The summed E-state index contributed by atoms with van der Waals surface area (Å²) >= 11 is 0. The molecule has 8 heteroatoms. The molecule has 0 radical (unpaired) electrons. The molecule has 1 aromatic carbocycles. The fourth-order valence-corrected chi connectivity index (χ4v) is 2.27. The van der Waals surface area contributed by atoms with Crippen LogP contribution in [-0.2, 0) is 0 Å². The van der Waals surface area contributed by atoms with E-state index in [0.717, 1.165) is 5.82 Å². The van der Waals surface area contributed by atoms with Gasteiger partial charge >= 0.3 is 0 Å². The van der Waals surface area contributed by atoms with Crippen molar-refractivity contribution >= 4 is 11.6 Å². The Hall–Kier alpha value is -3.42. The van der Waals surface area contributed by atoms with Gasteiger partial charge in [-0.25, -0.2) is 4.98 Å². The second kappa shape index (κ2) is 7.00. The van der Waals surface area contributed by atoms with E-state index >= 15 is 0 Å². The van der Waals surface area contributed by atoms with Crippen LogP contribution >= 0.6 is 0 Å². The Kier molecular flexibility index (Phi) is 4.60. The monoisotopic (exact) mass is 339 g/mol. The molecule has 0 spiro atoms. The maximum Gasteiger partial charge on any atom is 0.276 e. The lowest BCUT2D eigenvalue weighted by atomic mass is 10.2. The van der Waals surface area contributed by atoms with Crippen molar-refractivity contribution < 1.29 is 14.3 Å². The molecule has 2 heterocycles. The first kappa shape index (κ1) is 16.4. The molecule has 0 aliphatic heterocycles. The highest BCUT2D eigenvalue weighted by molar-refractivity contribution is 6.03. The molecule has 3 rings (SSSR count). The second-order valence-electron chi connectivity index (χ2n) is 5.18. The number of amides is 1. The minimum atomic E-state index is -0.378. The van der Waals surface area contributed by atoms with Crippen molar-refractivity contribution in [2.24, 2.45) is 0 Å². The van der Waals surface area contributed by atoms with Gasteiger partial charge in [0.1, 0.15) is 17.3 Å². The van der Waals surface area contributed by atoms with Crippen molar-refractivity contribution in [1.29, 1.82) is 0 Å². The lowest BCUT2D eigenvalue weighted by Gasteiger charge is -2.09. The van der Waals surface area contributed by atoms with Crippen LogP contribution in [0.4, 0.5) is 5.69 Å². The molecule has 0 fully saturated rings. The summed E-state index contributed by atoms with van der Waals surface area (Å²) in [6.45, 7) is 1.86. The number of aryl methyl sites for hydroxylation is 1. The van der Waals surface area contributed by atoms with Crippen LogP contribution in [0.2, 0.25) is 0 Å². The molecule has 2 aromatic heterocycles. The Labute approximate surface area is 144 Å². The Morgan fingerprint density at radius 3 is 2.32 bits per heavy atom. The summed E-state index contributed by atoms with van der Waals surface area (Å²) in [6, 6.07) is 8.42. The van der Waals surface area contributed by atoms with Gasteiger partial charge in [0.05, 0.1) is 14.2 Å². The Morgan fingerprint density at radius 1 is 1.08 bits per heavy atom. The van der Waals surface area contributed by atoms with Gasteiger partial charge in [-0.3, -0.25) is 9.36 Å². The third kappa shape index (κ3) is 3.57. The maximum absolute atomic E-state index is 12.4. The van der Waals surface area contributed by atoms with Crippen LogP contribution < -0.4 is 14.8 Å². The van der Waals surface area contributed by atoms with Crippen molar-refractivity contribution in [3.05, 3.63) is 54.2 Å². The third-order valence-corrected chi connectivity index (χ3v) is 3.56. The summed E-state index contributed by atoms with van der Waals surface area (Å²) in [5, 5.41) is 10.8. The summed E-state index contributed by atoms with van der Waals surface area (Å²) in [5.74, 6) is 2.15. The third-order valence-electron chi connectivity index (χ3n) is 3.56. The highest BCUT2D eigenvalue weighted by Crippen LogP contribution is 2.26. The molecule has 0 atom stereocenters. The molecule has 1 amide bonds. The minimum Gasteiger partial charge on any atom is -0.497 e. The van der Waals surface area contributed by atoms with Gasteiger partial charge in [0.2, 0.25) is 0 Å². The zero-order chi connectivity index (χ0) is 17.8. The van der Waals surface area contributed by atoms with Crippen LogP contribution in [0.1, 0.15) is 16.3 Å². The number of carbonyl (C=O) groups excluding carboxylic acids is 1. The molecule has 0 saturated heterocycles. The van der Waals surface area contributed by atoms with Crippen molar-refractivity contribution in [3.8, 4) is 17.3 Å². The van der Waals surface area contributed by atoms with E-state index in [4.69, 9.17) is 9.47 Å². The number of hydrogen-bond donors (Lipinski definition) is 1. The summed E-state index contributed by atoms with van der Waals surface area (Å²) in [6.07, 6.45) is 3.45. The molecule has 1 N–H and O–H groups in total. The van der Waals surface area contributed by atoms with Crippen LogP contribution in [0.15, 0.2) is 42.7 Å². The number of rotatable bonds is 5. The highest BCUT2D eigenvalue weighted by atomic mass is 16.5. The van der Waals surface area contributed by atoms with Gasteiger partial charge in [0.25, 0.3) is 5.91 Å². The second-order valence-corrected chi connectivity index (χ2v) is 5.18. The molecule has 0 unspecified atom stereocenters. The van der Waals surface area contributed by atoms with Gasteiger partial charge in [0.15, 0.2) is 11.5 Å². The fraction of sp³-hybridized carbons (Fsp3) is 0.176. The van der Waals surface area contributed by atoms with Crippen molar-refractivity contribution in [3.63, 3.8) is 0 Å². The lowest BCUT2D eigenvalue weighted by Crippen LogP contribution is -2.15. The molecule has 25 heavy (non-hydrogen) atoms. The number of imidazole rings is 1. The molecule has 0 aliphatic carbocycles. The van der Waals surface area contributed by atoms with Gasteiger partial charge in [-0.2, -0.15) is 0 Å². The highest BCUT2D eigenvalue weighted by Gasteiger charge is 2.11. The number of ether oxygens (including phenoxy) is 2. The smallest absolute Gasteiger partial charge is 0.276 e. The Morgan fingerprint density at radius 2 is 1.80 bits per heavy atom. The molecule has 0 aliphatic rings. The number of aromatic nitrogens is 4. The summed E-state index contributed by atoms with van der Waals surface area (Å²) in [5.41, 5.74) is 0.737. The number of nitrogens with zero attached hydrogens (tertiary/aromatic N) is 4. The quantitative estimate of drug-likeness (QED) is 0.766. The molecule has 128 valence electrons. The standard InChI is InChI=1S/C17H17N5O3/c1-11-18-6-7-22(11)16-5-4-15(20-21-16)17(23)19-12-8-13(24-2)10-14(9-12)25-3/h4-10H,1-3H3,(H,19,23). The molecule has 3 aromatic rings. The molecule has 0 saturated carbocycles. The van der Waals surface area contributed by atoms with Crippen molar-refractivity contribution in [2.75, 3.05) is 19.5 Å². The zero-order valence-electron chi connectivity index (χ0n) is 14.1. The van der Waals surface area contributed by atoms with Gasteiger partial charge in [-0.05, 0) is 19.1 Å². The number of nitrogens with one attached hydrogen (secondary N) is 1. The number of benzene rings is 1. The summed E-state index contributed by atoms with van der Waals surface area (Å²) in [4.78, 5) is 16.5. The van der Waals surface area contributed by atoms with E-state index in [1.54, 1.807) is 61.5 Å². The van der Waals surface area contributed by atoms with E-state index < -0.39 is 0 Å². The largest absolute Gasteiger partial charge is 0.497 e. The average molecular weight is 339 g/mol. The predicted molar refractivity (Wildman–Crippen MR) is 91.4 cm³/mol. The average Bonchev–Trinajstić information content (AvgIpc) is 3.07. The van der Waals surface area contributed by atoms with E-state index in [-0.39, 0.29) is 11.6 Å². The van der Waals surface area contributed by atoms with Crippen LogP contribution in [0, 0.1) is 6.92 Å². The first-order chi connectivity index (χ1) is 12.1. The van der Waals surface area contributed by atoms with Gasteiger partial charge in [0, 0.05) is 36.3 Å². The van der Waals surface area contributed by atoms with Gasteiger partial charge in [-0.15, -0.1) is 10.2 Å². The lowest BCUT2D eigenvalue weighted by molar-refractivity contribution is 0.102. The SMILES string of the molecule is COc1cc(NC(=O)c2ccc(-n3ccnc3C)nn2)cc(OC)c1. The number of carbonyl (C=O) groups is 1. The molecular weight excluding hydrogens is 322 g/mol. The Bertz CT molecular complexity index is 867. The number of hydrogen-bond acceptors (Lipinski definition) is 6. The molecular formula is C17H17N5O3. The summed E-state index contributed by atoms with van der Waals surface area (Å²) < 4.78 is 12.1.